The van der Waals surface area contributed by atoms with E-state index in [0.717, 1.165) is 68.1 Å². The van der Waals surface area contributed by atoms with Crippen LogP contribution in [0.25, 0.3) is 0 Å². The van der Waals surface area contributed by atoms with E-state index < -0.39 is 23.2 Å². The van der Waals surface area contributed by atoms with Crippen molar-refractivity contribution in [3.8, 4) is 11.5 Å². The van der Waals surface area contributed by atoms with Crippen molar-refractivity contribution in [1.29, 1.82) is 0 Å². The summed E-state index contributed by atoms with van der Waals surface area (Å²) in [4.78, 5) is 38.1. The number of phenolic OH excluding ortho intramolecular Hbond substituents is 1. The number of aliphatic hydroxyl groups is 1. The van der Waals surface area contributed by atoms with Gasteiger partial charge in [-0.25, -0.2) is 4.98 Å². The molecule has 0 radical (unpaired) electrons. The maximum atomic E-state index is 14.4. The monoisotopic (exact) mass is 955 g/mol. The fourth-order valence-corrected chi connectivity index (χ4v) is 18.4. The third-order valence-corrected chi connectivity index (χ3v) is 21.6. The highest BCUT2D eigenvalue weighted by molar-refractivity contribution is 8.77. The average Bonchev–Trinajstić information content (AvgIpc) is 4.05. The van der Waals surface area contributed by atoms with Crippen LogP contribution in [0.2, 0.25) is 0 Å². The summed E-state index contributed by atoms with van der Waals surface area (Å²) >= 11 is 0. The smallest absolute Gasteiger partial charge is 0.302 e. The number of ether oxygens (including phenoxy) is 2. The lowest BCUT2D eigenvalue weighted by atomic mass is 9.75. The van der Waals surface area contributed by atoms with Crippen molar-refractivity contribution in [2.24, 2.45) is 33.4 Å². The van der Waals surface area contributed by atoms with Gasteiger partial charge in [-0.15, -0.1) is 0 Å². The normalized spacial score (nSPS) is 35.5. The number of benzene rings is 1. The molecule has 5 aliphatic heterocycles. The van der Waals surface area contributed by atoms with Crippen molar-refractivity contribution >= 4 is 45.2 Å². The molecule has 7 atom stereocenters. The molecule has 2 aromatic rings. The van der Waals surface area contributed by atoms with E-state index in [0.29, 0.717) is 98.2 Å². The fourth-order valence-electron chi connectivity index (χ4n) is 14.3. The highest BCUT2D eigenvalue weighted by atomic mass is 33.1. The standard InChI is InChI=1S/C53H74N6O6S2/c1-34(60)64-42-12-10-37-27-39(47(63)48-46(37)38-15-22-52(65-48)20-4-6-40(52)28-38)32-59-33-50(31-45(59)62,30-36-16-24-56-44(54)26-36)23-25-57-49(55)58-53(21-5-19-51(53)17-2-3-18-51)67-66-43-13-8-35(9-14-43)7-11-41(61)29-42/h15-16,22,24,26-27,35,38,40-43,61,63H,2-14,17-21,23,25,28-33H2,1H3,(H2,54,56)(H3,55,57,58). The number of aromatic nitrogens is 1. The third kappa shape index (κ3) is 9.67. The van der Waals surface area contributed by atoms with Crippen LogP contribution in [0.4, 0.5) is 5.82 Å². The van der Waals surface area contributed by atoms with Gasteiger partial charge in [0, 0.05) is 84.6 Å². The molecule has 1 aromatic carbocycles. The van der Waals surface area contributed by atoms with Crippen LogP contribution in [0, 0.1) is 22.7 Å². The van der Waals surface area contributed by atoms with Crippen LogP contribution in [0.1, 0.15) is 170 Å². The summed E-state index contributed by atoms with van der Waals surface area (Å²) in [6.45, 7) is 2.63. The van der Waals surface area contributed by atoms with Crippen LogP contribution in [-0.2, 0) is 33.7 Å². The van der Waals surface area contributed by atoms with Crippen molar-refractivity contribution in [2.45, 2.75) is 195 Å². The number of aromatic hydroxyl groups is 1. The number of carbonyl (C=O) groups is 2. The quantitative estimate of drug-likeness (QED) is 0.112. The van der Waals surface area contributed by atoms with Crippen LogP contribution >= 0.6 is 21.6 Å². The summed E-state index contributed by atoms with van der Waals surface area (Å²) in [5, 5.41) is 28.4. The zero-order valence-electron chi connectivity index (χ0n) is 39.7. The number of carbonyl (C=O) groups excluding carboxylic acids is 2. The van der Waals surface area contributed by atoms with E-state index in [2.05, 4.69) is 39.3 Å². The van der Waals surface area contributed by atoms with Gasteiger partial charge in [-0.3, -0.25) is 14.6 Å². The van der Waals surface area contributed by atoms with E-state index in [1.165, 1.54) is 58.3 Å². The van der Waals surface area contributed by atoms with Gasteiger partial charge in [0.15, 0.2) is 17.5 Å². The van der Waals surface area contributed by atoms with Gasteiger partial charge in [0.2, 0.25) is 5.91 Å². The number of guanidine groups is 1. The molecule has 6 heterocycles. The number of phenols is 1. The minimum Gasteiger partial charge on any atom is -0.504 e. The molecule has 14 heteroatoms. The number of nitrogens with one attached hydrogen (secondary N) is 1. The molecule has 5 fully saturated rings. The van der Waals surface area contributed by atoms with E-state index in [1.807, 2.05) is 27.8 Å². The number of rotatable bonds is 3. The highest BCUT2D eigenvalue weighted by Crippen LogP contribution is 2.64. The molecule has 12 nitrogen and oxygen atoms in total. The minimum absolute atomic E-state index is 0.0297. The van der Waals surface area contributed by atoms with E-state index >= 15 is 0 Å². The second-order valence-corrected chi connectivity index (χ2v) is 25.0. The maximum Gasteiger partial charge on any atom is 0.302 e. The number of allylic oxidation sites excluding steroid dienone is 1. The molecule has 4 saturated carbocycles. The molecule has 10 aliphatic rings. The molecule has 1 saturated heterocycles. The number of nitrogens with two attached hydrogens (primary N) is 2. The Kier molecular flexibility index (Phi) is 13.6. The zero-order valence-corrected chi connectivity index (χ0v) is 41.3. The Labute approximate surface area is 405 Å². The second kappa shape index (κ2) is 19.3. The third-order valence-electron chi connectivity index (χ3n) is 17.8. The topological polar surface area (TPSA) is 186 Å². The molecule has 1 amide bonds. The molecule has 12 rings (SSSR count). The van der Waals surface area contributed by atoms with E-state index in [9.17, 15) is 19.8 Å². The largest absolute Gasteiger partial charge is 0.504 e. The number of nitrogen functional groups attached to an aromatic ring is 1. The first-order valence-corrected chi connectivity index (χ1v) is 28.1. The molecule has 7 unspecified atom stereocenters. The molecule has 1 aromatic heterocycles. The lowest BCUT2D eigenvalue weighted by Crippen LogP contribution is -2.55. The van der Waals surface area contributed by atoms with Gasteiger partial charge < -0.3 is 41.4 Å². The van der Waals surface area contributed by atoms with Crippen molar-refractivity contribution in [3.05, 3.63) is 58.8 Å². The van der Waals surface area contributed by atoms with E-state index in [1.54, 1.807) is 6.20 Å². The lowest BCUT2D eigenvalue weighted by Gasteiger charge is -2.45. The molecule has 67 heavy (non-hydrogen) atoms. The average molecular weight is 955 g/mol. The molecule has 7 N–H and O–H groups in total. The summed E-state index contributed by atoms with van der Waals surface area (Å²) < 4.78 is 13.0. The summed E-state index contributed by atoms with van der Waals surface area (Å²) in [6, 6.07) is 5.98. The summed E-state index contributed by atoms with van der Waals surface area (Å²) in [7, 11) is 4.11. The van der Waals surface area contributed by atoms with Crippen molar-refractivity contribution in [2.75, 3.05) is 18.8 Å². The number of aliphatic hydroxyl groups excluding tert-OH is 1. The Morgan fingerprint density at radius 3 is 2.58 bits per heavy atom. The molecular weight excluding hydrogens is 881 g/mol. The first-order valence-electron chi connectivity index (χ1n) is 25.9. The molecular formula is C53H74N6O6S2. The van der Waals surface area contributed by atoms with Gasteiger partial charge in [0.25, 0.3) is 0 Å². The Morgan fingerprint density at radius 1 is 0.970 bits per heavy atom. The van der Waals surface area contributed by atoms with Crippen LogP contribution in [0.3, 0.4) is 0 Å². The molecule has 364 valence electrons. The SMILES string of the molecule is CC(=O)OC1CCc2cc(c(O)c3c2C2C=CC4(CCCC4C2)O3)CN2CC(Cc3ccnc(N)c3)(CCN=C(N)NC3(CCCC34CCCC4)SSC3CCC(CCC(O)C1)CC3)CC2=O. The number of fused-ring (bicyclic) bond motifs is 12. The summed E-state index contributed by atoms with van der Waals surface area (Å²) in [5.74, 6) is 2.31. The highest BCUT2D eigenvalue weighted by Gasteiger charge is 2.57. The van der Waals surface area contributed by atoms with Crippen molar-refractivity contribution in [1.82, 2.24) is 15.2 Å². The number of anilines is 1. The van der Waals surface area contributed by atoms with Gasteiger partial charge in [0.05, 0.1) is 6.10 Å². The summed E-state index contributed by atoms with van der Waals surface area (Å²) in [6.07, 6.45) is 27.1. The fraction of sp³-hybridized carbons (Fsp3) is 0.698. The van der Waals surface area contributed by atoms with Gasteiger partial charge >= 0.3 is 5.97 Å². The van der Waals surface area contributed by atoms with Crippen molar-refractivity contribution in [3.63, 3.8) is 0 Å². The van der Waals surface area contributed by atoms with Gasteiger partial charge in [-0.2, -0.15) is 0 Å². The number of amides is 1. The van der Waals surface area contributed by atoms with Gasteiger partial charge in [-0.1, -0.05) is 40.5 Å². The number of hydrogen-bond donors (Lipinski definition) is 5. The minimum atomic E-state index is -0.577. The zero-order chi connectivity index (χ0) is 46.4. The molecule has 3 spiro atoms. The van der Waals surface area contributed by atoms with E-state index in [4.69, 9.17) is 25.9 Å². The Bertz CT molecular complexity index is 2220. The number of aryl methyl sites for hydroxylation is 1. The Balaban J connectivity index is 0.989. The van der Waals surface area contributed by atoms with Crippen LogP contribution in [-0.4, -0.2) is 79.0 Å². The first-order chi connectivity index (χ1) is 32.3. The lowest BCUT2D eigenvalue weighted by molar-refractivity contribution is -0.148. The predicted octanol–water partition coefficient (Wildman–Crippen LogP) is 9.39. The molecule has 8 bridgehead atoms. The maximum absolute atomic E-state index is 14.4. The number of nitrogens with zero attached hydrogens (tertiary/aromatic N) is 3. The van der Waals surface area contributed by atoms with E-state index in [-0.39, 0.29) is 40.4 Å². The summed E-state index contributed by atoms with van der Waals surface area (Å²) in [5.41, 5.74) is 16.2. The number of aliphatic imine (C=N–C) groups is 1. The number of hydrogen-bond acceptors (Lipinski definition) is 13. The van der Waals surface area contributed by atoms with Crippen molar-refractivity contribution < 1.29 is 29.3 Å². The van der Waals surface area contributed by atoms with Gasteiger partial charge in [-0.05, 0) is 163 Å². The number of esters is 1. The Hall–Kier alpha value is -3.62. The molecule has 5 aliphatic carbocycles. The predicted molar refractivity (Wildman–Crippen MR) is 267 cm³/mol. The van der Waals surface area contributed by atoms with Crippen LogP contribution < -0.4 is 21.5 Å². The first kappa shape index (κ1) is 47.1. The van der Waals surface area contributed by atoms with Crippen LogP contribution in [0.5, 0.6) is 11.5 Å². The Morgan fingerprint density at radius 2 is 1.78 bits per heavy atom. The number of pyridine rings is 1. The second-order valence-electron chi connectivity index (χ2n) is 22.2. The van der Waals surface area contributed by atoms with Crippen LogP contribution in [0.15, 0.2) is 41.5 Å². The van der Waals surface area contributed by atoms with Gasteiger partial charge in [0.1, 0.15) is 22.4 Å².